The Kier molecular flexibility index (Phi) is 5.51. The topological polar surface area (TPSA) is 197 Å². The number of aromatic nitrogens is 4. The second-order valence-corrected chi connectivity index (χ2v) is 8.30. The van der Waals surface area contributed by atoms with Gasteiger partial charge in [-0.1, -0.05) is 16.9 Å². The highest BCUT2D eigenvalue weighted by Gasteiger charge is 2.53. The Bertz CT molecular complexity index is 1120. The molecule has 1 saturated heterocycles. The van der Waals surface area contributed by atoms with Crippen LogP contribution in [0.1, 0.15) is 18.7 Å². The normalized spacial score (nSPS) is 20.8. The van der Waals surface area contributed by atoms with Gasteiger partial charge in [0.1, 0.15) is 23.1 Å². The number of rotatable bonds is 6. The molecular weight excluding hydrogens is 448 g/mol. The molecule has 15 heteroatoms. The van der Waals surface area contributed by atoms with Gasteiger partial charge in [0.2, 0.25) is 11.5 Å². The van der Waals surface area contributed by atoms with Gasteiger partial charge in [0.25, 0.3) is 11.8 Å². The molecule has 13 nitrogen and oxygen atoms in total. The Labute approximate surface area is 182 Å². The van der Waals surface area contributed by atoms with Gasteiger partial charge in [0.05, 0.1) is 6.04 Å². The first-order chi connectivity index (χ1) is 14.9. The first kappa shape index (κ1) is 20.7. The summed E-state index contributed by atoms with van der Waals surface area (Å²) < 4.78 is 3.81. The predicted octanol–water partition coefficient (Wildman–Crippen LogP) is -0.333. The number of nitrogens with one attached hydrogen (secondary N) is 1. The van der Waals surface area contributed by atoms with Crippen molar-refractivity contribution in [2.45, 2.75) is 30.0 Å². The summed E-state index contributed by atoms with van der Waals surface area (Å²) in [6, 6.07) is 0.116. The minimum Gasteiger partial charge on any atom is -0.477 e. The molecule has 2 unspecified atom stereocenters. The molecule has 2 aromatic rings. The molecule has 0 bridgehead atoms. The van der Waals surface area contributed by atoms with Crippen molar-refractivity contribution in [2.24, 2.45) is 5.16 Å². The quantitative estimate of drug-likeness (QED) is 0.144. The third-order valence-electron chi connectivity index (χ3n) is 4.63. The van der Waals surface area contributed by atoms with Gasteiger partial charge in [0, 0.05) is 22.6 Å². The highest BCUT2D eigenvalue weighted by molar-refractivity contribution is 8.03. The van der Waals surface area contributed by atoms with Crippen LogP contribution in [-0.2, 0) is 14.4 Å². The van der Waals surface area contributed by atoms with Crippen molar-refractivity contribution in [3.63, 3.8) is 0 Å². The largest absolute Gasteiger partial charge is 0.477 e. The number of anilines is 1. The summed E-state index contributed by atoms with van der Waals surface area (Å²) in [4.78, 5) is 50.4. The fourth-order valence-electron chi connectivity index (χ4n) is 3.33. The van der Waals surface area contributed by atoms with Crippen molar-refractivity contribution in [1.82, 2.24) is 29.5 Å². The average molecular weight is 462 g/mol. The number of allylic oxidation sites excluding steroid dienone is 1. The second-order valence-electron chi connectivity index (χ2n) is 6.40. The molecule has 0 spiro atoms. The van der Waals surface area contributed by atoms with Crippen LogP contribution in [0, 0.1) is 0 Å². The molecule has 2 aliphatic heterocycles. The summed E-state index contributed by atoms with van der Waals surface area (Å²) in [6.45, 7) is 0. The van der Waals surface area contributed by atoms with E-state index in [0.29, 0.717) is 22.8 Å². The lowest BCUT2D eigenvalue weighted by Gasteiger charge is -2.50. The molecule has 2 aliphatic rings. The summed E-state index contributed by atoms with van der Waals surface area (Å²) in [5.74, 6) is -2.89. The first-order valence-electron chi connectivity index (χ1n) is 8.76. The van der Waals surface area contributed by atoms with Crippen LogP contribution in [0.25, 0.3) is 0 Å². The number of β-lactam (4-membered cyclic amide) rings is 1. The lowest BCUT2D eigenvalue weighted by atomic mass is 9.86. The van der Waals surface area contributed by atoms with Gasteiger partial charge in [-0.15, -0.1) is 0 Å². The number of carboxylic acid groups (broad SMARTS) is 1. The van der Waals surface area contributed by atoms with Crippen LogP contribution >= 0.6 is 23.3 Å². The van der Waals surface area contributed by atoms with Crippen molar-refractivity contribution >= 4 is 51.9 Å². The number of fused-ring (bicyclic) bond motifs is 1. The van der Waals surface area contributed by atoms with Gasteiger partial charge in [-0.2, -0.15) is 9.36 Å². The van der Waals surface area contributed by atoms with Crippen molar-refractivity contribution in [3.8, 4) is 0 Å². The summed E-state index contributed by atoms with van der Waals surface area (Å²) >= 11 is 1.97. The summed E-state index contributed by atoms with van der Waals surface area (Å²) in [5, 5.41) is 24.9. The maximum atomic E-state index is 12.7. The van der Waals surface area contributed by atoms with Gasteiger partial charge in [-0.3, -0.25) is 14.5 Å². The van der Waals surface area contributed by atoms with E-state index in [1.165, 1.54) is 12.5 Å². The zero-order valence-corrected chi connectivity index (χ0v) is 17.1. The molecular formula is C16H14N8O5S2. The number of amides is 2. The summed E-state index contributed by atoms with van der Waals surface area (Å²) in [5.41, 5.74) is 4.84. The van der Waals surface area contributed by atoms with Crippen LogP contribution in [0.15, 0.2) is 39.4 Å². The van der Waals surface area contributed by atoms with Crippen LogP contribution in [-0.4, -0.2) is 70.1 Å². The zero-order valence-electron chi connectivity index (χ0n) is 15.5. The molecule has 0 aromatic carbocycles. The first-order valence-corrected chi connectivity index (χ1v) is 10.4. The van der Waals surface area contributed by atoms with Gasteiger partial charge in [0.15, 0.2) is 5.13 Å². The van der Waals surface area contributed by atoms with E-state index in [1.54, 1.807) is 6.07 Å². The summed E-state index contributed by atoms with van der Waals surface area (Å²) in [7, 11) is 0. The molecule has 2 aromatic heterocycles. The van der Waals surface area contributed by atoms with Crippen LogP contribution in [0.4, 0.5) is 5.13 Å². The van der Waals surface area contributed by atoms with Gasteiger partial charge in [-0.25, -0.2) is 14.8 Å². The van der Waals surface area contributed by atoms with Crippen LogP contribution in [0.3, 0.4) is 0 Å². The number of nitrogens with two attached hydrogens (primary N) is 1. The van der Waals surface area contributed by atoms with E-state index < -0.39 is 35.6 Å². The molecule has 4 rings (SSSR count). The molecule has 160 valence electrons. The standard InChI is InChI=1S/C16H14N8O5S2/c17-16-21-12(23-31-16)10(22-29)13(25)20-9-6-1-2-7(30-8-3-4-18-5-19-8)11(15(27)28)24(6)14(9)26/h3-6,9,29H,1-2H2,(H,20,25)(H,27,28)(H2,17,21,23)/b22-10-. The third-order valence-corrected chi connectivity index (χ3v) is 6.27. The van der Waals surface area contributed by atoms with Crippen molar-refractivity contribution < 1.29 is 24.7 Å². The van der Waals surface area contributed by atoms with E-state index in [2.05, 4.69) is 29.8 Å². The molecule has 31 heavy (non-hydrogen) atoms. The highest BCUT2D eigenvalue weighted by Crippen LogP contribution is 2.42. The third kappa shape index (κ3) is 3.79. The second kappa shape index (κ2) is 8.27. The molecule has 0 saturated carbocycles. The lowest BCUT2D eigenvalue weighted by molar-refractivity contribution is -0.155. The maximum Gasteiger partial charge on any atom is 0.353 e. The van der Waals surface area contributed by atoms with Gasteiger partial charge in [-0.05, 0) is 18.9 Å². The summed E-state index contributed by atoms with van der Waals surface area (Å²) in [6.07, 6.45) is 3.68. The number of oxime groups is 1. The molecule has 0 radical (unpaired) electrons. The Balaban J connectivity index is 1.52. The van der Waals surface area contributed by atoms with E-state index in [-0.39, 0.29) is 16.7 Å². The van der Waals surface area contributed by atoms with E-state index >= 15 is 0 Å². The molecule has 4 heterocycles. The fraction of sp³-hybridized carbons (Fsp3) is 0.250. The molecule has 2 amide bonds. The van der Waals surface area contributed by atoms with E-state index in [4.69, 9.17) is 10.9 Å². The maximum absolute atomic E-state index is 12.7. The zero-order chi connectivity index (χ0) is 22.1. The van der Waals surface area contributed by atoms with Crippen molar-refractivity contribution in [2.75, 3.05) is 5.73 Å². The fourth-order valence-corrected chi connectivity index (χ4v) is 4.74. The number of carboxylic acids is 1. The van der Waals surface area contributed by atoms with E-state index in [0.717, 1.165) is 28.2 Å². The van der Waals surface area contributed by atoms with Gasteiger partial charge < -0.3 is 21.4 Å². The van der Waals surface area contributed by atoms with Crippen molar-refractivity contribution in [3.05, 3.63) is 35.0 Å². The average Bonchev–Trinajstić information content (AvgIpc) is 3.18. The Morgan fingerprint density at radius 3 is 2.84 bits per heavy atom. The van der Waals surface area contributed by atoms with E-state index in [9.17, 15) is 19.5 Å². The number of carbonyl (C=O) groups is 3. The minimum atomic E-state index is -1.25. The van der Waals surface area contributed by atoms with Crippen LogP contribution in [0.2, 0.25) is 0 Å². The van der Waals surface area contributed by atoms with Gasteiger partial charge >= 0.3 is 5.97 Å². The predicted molar refractivity (Wildman–Crippen MR) is 107 cm³/mol. The Morgan fingerprint density at radius 1 is 1.42 bits per heavy atom. The number of thioether (sulfide) groups is 1. The Morgan fingerprint density at radius 2 is 2.23 bits per heavy atom. The Hall–Kier alpha value is -3.59. The molecule has 5 N–H and O–H groups in total. The SMILES string of the molecule is Nc1nc(/C(=N/O)C(=O)NC2C(=O)N3C(C(=O)O)=C(Sc4ccncn4)CCC23)ns1. The van der Waals surface area contributed by atoms with E-state index in [1.807, 2.05) is 0 Å². The number of carbonyl (C=O) groups excluding carboxylic acids is 2. The lowest BCUT2D eigenvalue weighted by Crippen LogP contribution is -2.72. The highest BCUT2D eigenvalue weighted by atomic mass is 32.2. The smallest absolute Gasteiger partial charge is 0.353 e. The number of nitrogen functional groups attached to an aromatic ring is 1. The monoisotopic (exact) mass is 462 g/mol. The number of hydrogen-bond acceptors (Lipinski definition) is 12. The number of nitrogens with zero attached hydrogens (tertiary/aromatic N) is 6. The van der Waals surface area contributed by atoms with Crippen molar-refractivity contribution in [1.29, 1.82) is 0 Å². The van der Waals surface area contributed by atoms with Crippen LogP contribution < -0.4 is 11.1 Å². The molecule has 1 fully saturated rings. The molecule has 2 atom stereocenters. The van der Waals surface area contributed by atoms with Crippen LogP contribution in [0.5, 0.6) is 0 Å². The number of aliphatic carboxylic acids is 1. The minimum absolute atomic E-state index is 0.0760. The molecule has 0 aliphatic carbocycles. The number of hydrogen-bond donors (Lipinski definition) is 4.